The van der Waals surface area contributed by atoms with Crippen molar-refractivity contribution >= 4 is 28.1 Å². The number of hydrogen-bond donors (Lipinski definition) is 2. The average molecular weight is 520 g/mol. The zero-order valence-corrected chi connectivity index (χ0v) is 21.2. The van der Waals surface area contributed by atoms with Gasteiger partial charge in [-0.3, -0.25) is 0 Å². The van der Waals surface area contributed by atoms with Gasteiger partial charge in [0.2, 0.25) is 5.71 Å². The molecule has 0 aliphatic carbocycles. The van der Waals surface area contributed by atoms with E-state index in [2.05, 4.69) is 51.9 Å². The monoisotopic (exact) mass is 519 g/mol. The summed E-state index contributed by atoms with van der Waals surface area (Å²) in [4.78, 5) is 22.0. The highest BCUT2D eigenvalue weighted by Gasteiger charge is 2.37. The SMILES string of the molecule is O=C(O)/C(=N\OCc1ccccc1)c1csc(NC(c2ccccc2)(c2ccccc2)c2ccccc2)n1. The summed E-state index contributed by atoms with van der Waals surface area (Å²) < 4.78 is 0. The van der Waals surface area contributed by atoms with Crippen molar-refractivity contribution in [3.63, 3.8) is 0 Å². The van der Waals surface area contributed by atoms with Crippen molar-refractivity contribution in [2.75, 3.05) is 5.32 Å². The molecule has 38 heavy (non-hydrogen) atoms. The number of carboxylic acids is 1. The molecule has 0 saturated carbocycles. The van der Waals surface area contributed by atoms with Crippen molar-refractivity contribution in [1.82, 2.24) is 4.98 Å². The molecule has 0 spiro atoms. The summed E-state index contributed by atoms with van der Waals surface area (Å²) >= 11 is 1.31. The first kappa shape index (κ1) is 24.9. The number of rotatable bonds is 10. The molecule has 7 heteroatoms. The van der Waals surface area contributed by atoms with Crippen molar-refractivity contribution in [3.8, 4) is 0 Å². The minimum absolute atomic E-state index is 0.159. The summed E-state index contributed by atoms with van der Waals surface area (Å²) in [7, 11) is 0. The van der Waals surface area contributed by atoms with Crippen LogP contribution in [0.3, 0.4) is 0 Å². The highest BCUT2D eigenvalue weighted by molar-refractivity contribution is 7.14. The van der Waals surface area contributed by atoms with E-state index in [0.717, 1.165) is 22.3 Å². The van der Waals surface area contributed by atoms with Crippen LogP contribution in [-0.2, 0) is 21.8 Å². The van der Waals surface area contributed by atoms with E-state index in [-0.39, 0.29) is 18.0 Å². The Morgan fingerprint density at radius 1 is 0.789 bits per heavy atom. The quantitative estimate of drug-likeness (QED) is 0.124. The van der Waals surface area contributed by atoms with Crippen LogP contribution in [0.5, 0.6) is 0 Å². The molecule has 188 valence electrons. The number of thiazole rings is 1. The summed E-state index contributed by atoms with van der Waals surface area (Å²) in [6.45, 7) is 0.159. The second-order valence-corrected chi connectivity index (χ2v) is 9.37. The minimum Gasteiger partial charge on any atom is -0.476 e. The molecule has 0 unspecified atom stereocenters. The zero-order valence-electron chi connectivity index (χ0n) is 20.4. The molecule has 6 nitrogen and oxygen atoms in total. The van der Waals surface area contributed by atoms with Gasteiger partial charge in [0, 0.05) is 5.38 Å². The van der Waals surface area contributed by atoms with Crippen LogP contribution in [0.15, 0.2) is 132 Å². The molecular weight excluding hydrogens is 494 g/mol. The maximum atomic E-state index is 12.0. The fraction of sp³-hybridized carbons (Fsp3) is 0.0645. The first-order chi connectivity index (χ1) is 18.7. The molecule has 5 aromatic rings. The van der Waals surface area contributed by atoms with E-state index in [1.165, 1.54) is 11.3 Å². The fourth-order valence-electron chi connectivity index (χ4n) is 4.32. The molecule has 5 rings (SSSR count). The summed E-state index contributed by atoms with van der Waals surface area (Å²) in [5, 5.41) is 19.6. The zero-order chi connectivity index (χ0) is 26.2. The number of anilines is 1. The number of carbonyl (C=O) groups is 1. The van der Waals surface area contributed by atoms with Gasteiger partial charge in [0.1, 0.15) is 17.8 Å². The van der Waals surface area contributed by atoms with Crippen molar-refractivity contribution in [2.24, 2.45) is 5.16 Å². The maximum Gasteiger partial charge on any atom is 0.360 e. The number of hydrogen-bond acceptors (Lipinski definition) is 6. The molecule has 0 fully saturated rings. The summed E-state index contributed by atoms with van der Waals surface area (Å²) in [6.07, 6.45) is 0. The van der Waals surface area contributed by atoms with Crippen LogP contribution in [0.4, 0.5) is 5.13 Å². The third kappa shape index (κ3) is 5.33. The molecule has 0 atom stereocenters. The van der Waals surface area contributed by atoms with Gasteiger partial charge in [-0.05, 0) is 22.3 Å². The van der Waals surface area contributed by atoms with Gasteiger partial charge < -0.3 is 15.3 Å². The Morgan fingerprint density at radius 3 is 1.74 bits per heavy atom. The van der Waals surface area contributed by atoms with Crippen molar-refractivity contribution in [2.45, 2.75) is 12.1 Å². The third-order valence-electron chi connectivity index (χ3n) is 6.09. The third-order valence-corrected chi connectivity index (χ3v) is 6.85. The molecule has 2 N–H and O–H groups in total. The first-order valence-electron chi connectivity index (χ1n) is 12.0. The summed E-state index contributed by atoms with van der Waals surface area (Å²) in [5.41, 5.74) is 3.15. The Morgan fingerprint density at radius 2 is 1.26 bits per heavy atom. The van der Waals surface area contributed by atoms with Gasteiger partial charge in [-0.2, -0.15) is 0 Å². The Labute approximate surface area is 224 Å². The Hall–Kier alpha value is -4.75. The molecule has 1 aromatic heterocycles. The second-order valence-electron chi connectivity index (χ2n) is 8.52. The predicted molar refractivity (Wildman–Crippen MR) is 150 cm³/mol. The summed E-state index contributed by atoms with van der Waals surface area (Å²) in [6, 6.07) is 39.9. The number of oxime groups is 1. The minimum atomic E-state index is -1.21. The second kappa shape index (κ2) is 11.5. The van der Waals surface area contributed by atoms with E-state index in [1.54, 1.807) is 5.38 Å². The van der Waals surface area contributed by atoms with Gasteiger partial charge in [-0.15, -0.1) is 11.3 Å². The van der Waals surface area contributed by atoms with Crippen molar-refractivity contribution in [3.05, 3.63) is 155 Å². The predicted octanol–water partition coefficient (Wildman–Crippen LogP) is 6.55. The number of carboxylic acid groups (broad SMARTS) is 1. The van der Waals surface area contributed by atoms with Crippen LogP contribution < -0.4 is 5.32 Å². The number of nitrogens with one attached hydrogen (secondary N) is 1. The van der Waals surface area contributed by atoms with E-state index >= 15 is 0 Å². The molecule has 1 heterocycles. The summed E-state index contributed by atoms with van der Waals surface area (Å²) in [5.74, 6) is -1.21. The lowest BCUT2D eigenvalue weighted by atomic mass is 9.77. The van der Waals surface area contributed by atoms with E-state index in [4.69, 9.17) is 4.84 Å². The smallest absolute Gasteiger partial charge is 0.360 e. The van der Waals surface area contributed by atoms with E-state index in [1.807, 2.05) is 84.9 Å². The average Bonchev–Trinajstić information content (AvgIpc) is 3.43. The van der Waals surface area contributed by atoms with E-state index < -0.39 is 11.5 Å². The molecular formula is C31H25N3O3S. The number of aliphatic carboxylic acids is 1. The van der Waals surface area contributed by atoms with Gasteiger partial charge in [0.15, 0.2) is 5.13 Å². The van der Waals surface area contributed by atoms with Gasteiger partial charge in [-0.25, -0.2) is 9.78 Å². The molecule has 4 aromatic carbocycles. The topological polar surface area (TPSA) is 83.8 Å². The molecule has 0 saturated heterocycles. The molecule has 0 aliphatic heterocycles. The number of benzene rings is 4. The maximum absolute atomic E-state index is 12.0. The van der Waals surface area contributed by atoms with E-state index in [0.29, 0.717) is 5.13 Å². The largest absolute Gasteiger partial charge is 0.476 e. The molecule has 0 bridgehead atoms. The van der Waals surface area contributed by atoms with Crippen LogP contribution >= 0.6 is 11.3 Å². The van der Waals surface area contributed by atoms with Gasteiger partial charge >= 0.3 is 5.97 Å². The van der Waals surface area contributed by atoms with Crippen molar-refractivity contribution in [1.29, 1.82) is 0 Å². The van der Waals surface area contributed by atoms with Crippen LogP contribution in [0, 0.1) is 0 Å². The number of nitrogens with zero attached hydrogens (tertiary/aromatic N) is 2. The van der Waals surface area contributed by atoms with Crippen LogP contribution in [0.1, 0.15) is 27.9 Å². The highest BCUT2D eigenvalue weighted by atomic mass is 32.1. The normalized spacial score (nSPS) is 11.6. The number of aromatic nitrogens is 1. The fourth-order valence-corrected chi connectivity index (χ4v) is 5.07. The van der Waals surface area contributed by atoms with E-state index in [9.17, 15) is 9.90 Å². The van der Waals surface area contributed by atoms with Crippen LogP contribution in [0.25, 0.3) is 0 Å². The lowest BCUT2D eigenvalue weighted by Gasteiger charge is -2.36. The van der Waals surface area contributed by atoms with Gasteiger partial charge in [0.25, 0.3) is 0 Å². The Kier molecular flexibility index (Phi) is 7.57. The highest BCUT2D eigenvalue weighted by Crippen LogP contribution is 2.40. The van der Waals surface area contributed by atoms with Gasteiger partial charge in [-0.1, -0.05) is 126 Å². The van der Waals surface area contributed by atoms with Gasteiger partial charge in [0.05, 0.1) is 0 Å². The van der Waals surface area contributed by atoms with Crippen LogP contribution in [-0.4, -0.2) is 21.8 Å². The first-order valence-corrected chi connectivity index (χ1v) is 12.9. The lowest BCUT2D eigenvalue weighted by molar-refractivity contribution is -0.129. The standard InChI is InChI=1S/C31H25N3O3S/c35-29(36)28(34-37-21-23-13-5-1-6-14-23)27-22-38-30(32-27)33-31(24-15-7-2-8-16-24,25-17-9-3-10-18-25)26-19-11-4-12-20-26/h1-20,22H,21H2,(H,32,33)(H,35,36)/b34-28-. The molecule has 0 radical (unpaired) electrons. The van der Waals surface area contributed by atoms with Crippen LogP contribution in [0.2, 0.25) is 0 Å². The molecule has 0 amide bonds. The van der Waals surface area contributed by atoms with Crippen molar-refractivity contribution < 1.29 is 14.7 Å². The molecule has 0 aliphatic rings. The lowest BCUT2D eigenvalue weighted by Crippen LogP contribution is -2.38. The Bertz CT molecular complexity index is 1410. The Balaban J connectivity index is 1.53.